The number of pyridine rings is 2. The lowest BCUT2D eigenvalue weighted by Gasteiger charge is -2.09. The number of benzene rings is 3. The van der Waals surface area contributed by atoms with Gasteiger partial charge in [-0.05, 0) is 29.7 Å². The molecule has 144 valence electrons. The van der Waals surface area contributed by atoms with Crippen LogP contribution in [0.1, 0.15) is 0 Å². The summed E-state index contributed by atoms with van der Waals surface area (Å²) >= 11 is 3.78. The lowest BCUT2D eigenvalue weighted by Crippen LogP contribution is -1.91. The van der Waals surface area contributed by atoms with E-state index in [1.165, 1.54) is 56.6 Å². The lowest BCUT2D eigenvalue weighted by molar-refractivity contribution is 1.27. The van der Waals surface area contributed by atoms with E-state index >= 15 is 0 Å². The van der Waals surface area contributed by atoms with Crippen LogP contribution >= 0.6 is 22.7 Å². The second-order valence-corrected chi connectivity index (χ2v) is 10.0. The Balaban J connectivity index is 1.70. The Morgan fingerprint density at radius 3 is 2.48 bits per heavy atom. The average Bonchev–Trinajstić information content (AvgIpc) is 3.53. The summed E-state index contributed by atoms with van der Waals surface area (Å²) in [6.45, 7) is 0. The lowest BCUT2D eigenvalue weighted by atomic mass is 10.0. The van der Waals surface area contributed by atoms with Gasteiger partial charge < -0.3 is 0 Å². The van der Waals surface area contributed by atoms with E-state index in [0.29, 0.717) is 0 Å². The van der Waals surface area contributed by atoms with Gasteiger partial charge in [0.25, 0.3) is 0 Å². The molecule has 0 saturated heterocycles. The molecule has 0 spiro atoms. The molecule has 0 bridgehead atoms. The van der Waals surface area contributed by atoms with Gasteiger partial charge in [-0.25, -0.2) is 4.98 Å². The normalized spacial score (nSPS) is 12.5. The highest BCUT2D eigenvalue weighted by Gasteiger charge is 2.18. The first-order valence-electron chi connectivity index (χ1n) is 10.2. The zero-order valence-electron chi connectivity index (χ0n) is 16.2. The van der Waals surface area contributed by atoms with E-state index in [0.717, 1.165) is 11.0 Å². The molecule has 0 N–H and O–H groups in total. The summed E-state index contributed by atoms with van der Waals surface area (Å²) in [6, 6.07) is 20.0. The molecule has 0 unspecified atom stereocenters. The van der Waals surface area contributed by atoms with Crippen LogP contribution in [0, 0.1) is 0 Å². The quantitative estimate of drug-likeness (QED) is 0.230. The van der Waals surface area contributed by atoms with Crippen LogP contribution < -0.4 is 0 Å². The third-order valence-corrected chi connectivity index (χ3v) is 8.67. The van der Waals surface area contributed by atoms with Crippen LogP contribution in [0.2, 0.25) is 0 Å². The van der Waals surface area contributed by atoms with E-state index in [1.54, 1.807) is 0 Å². The number of nitrogens with zero attached hydrogens (tertiary/aromatic N) is 3. The van der Waals surface area contributed by atoms with Crippen LogP contribution in [0.25, 0.3) is 67.7 Å². The monoisotopic (exact) mass is 431 g/mol. The van der Waals surface area contributed by atoms with Gasteiger partial charge >= 0.3 is 0 Å². The molecule has 5 heterocycles. The fraction of sp³-hybridized carbons (Fsp3) is 0. The molecule has 0 aliphatic rings. The summed E-state index contributed by atoms with van der Waals surface area (Å²) in [5, 5.41) is 8.91. The second kappa shape index (κ2) is 5.58. The second-order valence-electron chi connectivity index (χ2n) is 7.89. The summed E-state index contributed by atoms with van der Waals surface area (Å²) in [4.78, 5) is 9.04. The molecule has 3 aromatic carbocycles. The summed E-state index contributed by atoms with van der Waals surface area (Å²) in [6.07, 6.45) is 7.76. The Morgan fingerprint density at radius 2 is 1.52 bits per heavy atom. The summed E-state index contributed by atoms with van der Waals surface area (Å²) in [5.41, 5.74) is 2.19. The Hall–Kier alpha value is -3.54. The molecule has 0 aliphatic heterocycles. The van der Waals surface area contributed by atoms with E-state index in [-0.39, 0.29) is 0 Å². The fourth-order valence-electron chi connectivity index (χ4n) is 5.07. The number of thiophene rings is 2. The van der Waals surface area contributed by atoms with E-state index in [2.05, 4.69) is 75.2 Å². The maximum absolute atomic E-state index is 4.68. The van der Waals surface area contributed by atoms with Crippen molar-refractivity contribution in [3.63, 3.8) is 0 Å². The molecule has 0 fully saturated rings. The zero-order valence-corrected chi connectivity index (χ0v) is 17.8. The molecule has 5 aromatic heterocycles. The van der Waals surface area contributed by atoms with Gasteiger partial charge in [0.05, 0.1) is 5.52 Å². The average molecular weight is 432 g/mol. The third-order valence-electron chi connectivity index (χ3n) is 6.35. The van der Waals surface area contributed by atoms with E-state index < -0.39 is 0 Å². The molecule has 5 heteroatoms. The van der Waals surface area contributed by atoms with Crippen molar-refractivity contribution < 1.29 is 0 Å². The van der Waals surface area contributed by atoms with Crippen molar-refractivity contribution in [2.24, 2.45) is 0 Å². The number of fused-ring (bicyclic) bond motifs is 14. The first kappa shape index (κ1) is 16.2. The van der Waals surface area contributed by atoms with E-state index in [4.69, 9.17) is 0 Å². The van der Waals surface area contributed by atoms with Crippen LogP contribution in [0.4, 0.5) is 0 Å². The minimum atomic E-state index is 0.963. The van der Waals surface area contributed by atoms with Crippen LogP contribution in [0.3, 0.4) is 0 Å². The molecule has 3 nitrogen and oxygen atoms in total. The zero-order chi connectivity index (χ0) is 20.1. The number of imidazole rings is 1. The van der Waals surface area contributed by atoms with Crippen molar-refractivity contribution >= 4 is 90.3 Å². The predicted molar refractivity (Wildman–Crippen MR) is 134 cm³/mol. The van der Waals surface area contributed by atoms with Crippen molar-refractivity contribution in [2.45, 2.75) is 0 Å². The number of hydrogen-bond acceptors (Lipinski definition) is 4. The molecule has 0 amide bonds. The highest BCUT2D eigenvalue weighted by atomic mass is 32.1. The first-order valence-corrected chi connectivity index (χ1v) is 11.8. The van der Waals surface area contributed by atoms with Crippen LogP contribution in [0.5, 0.6) is 0 Å². The van der Waals surface area contributed by atoms with Crippen molar-refractivity contribution in [1.82, 2.24) is 14.4 Å². The van der Waals surface area contributed by atoms with Gasteiger partial charge in [-0.2, -0.15) is 0 Å². The van der Waals surface area contributed by atoms with Crippen LogP contribution in [0.15, 0.2) is 79.4 Å². The van der Waals surface area contributed by atoms with Gasteiger partial charge in [-0.3, -0.25) is 9.38 Å². The Labute approximate surface area is 183 Å². The summed E-state index contributed by atoms with van der Waals surface area (Å²) in [5.74, 6) is 0. The minimum Gasteiger partial charge on any atom is -0.298 e. The highest BCUT2D eigenvalue weighted by molar-refractivity contribution is 7.29. The van der Waals surface area contributed by atoms with E-state index in [9.17, 15) is 0 Å². The Bertz CT molecular complexity index is 2010. The fourth-order valence-corrected chi connectivity index (χ4v) is 7.52. The predicted octanol–water partition coefficient (Wildman–Crippen LogP) is 7.77. The molecule has 0 saturated carbocycles. The molecular weight excluding hydrogens is 418 g/mol. The van der Waals surface area contributed by atoms with Gasteiger partial charge in [0, 0.05) is 75.9 Å². The molecule has 0 atom stereocenters. The molecule has 31 heavy (non-hydrogen) atoms. The topological polar surface area (TPSA) is 30.2 Å². The smallest absolute Gasteiger partial charge is 0.146 e. The van der Waals surface area contributed by atoms with Crippen molar-refractivity contribution in [3.05, 3.63) is 79.4 Å². The Kier molecular flexibility index (Phi) is 2.91. The first-order chi connectivity index (χ1) is 15.4. The minimum absolute atomic E-state index is 0.963. The molecule has 8 rings (SSSR count). The maximum Gasteiger partial charge on any atom is 0.146 e. The van der Waals surface area contributed by atoms with Gasteiger partial charge in [0.1, 0.15) is 5.65 Å². The molecule has 0 radical (unpaired) electrons. The van der Waals surface area contributed by atoms with Crippen LogP contribution in [-0.2, 0) is 0 Å². The van der Waals surface area contributed by atoms with Gasteiger partial charge in [-0.15, -0.1) is 22.7 Å². The third kappa shape index (κ3) is 1.93. The van der Waals surface area contributed by atoms with Crippen molar-refractivity contribution in [2.75, 3.05) is 0 Å². The van der Waals surface area contributed by atoms with Crippen LogP contribution in [-0.4, -0.2) is 14.4 Å². The summed E-state index contributed by atoms with van der Waals surface area (Å²) < 4.78 is 7.63. The molecule has 8 aromatic rings. The number of hydrogen-bond donors (Lipinski definition) is 0. The largest absolute Gasteiger partial charge is 0.298 e. The Morgan fingerprint density at radius 1 is 0.645 bits per heavy atom. The maximum atomic E-state index is 4.68. The number of rotatable bonds is 0. The van der Waals surface area contributed by atoms with Crippen molar-refractivity contribution in [1.29, 1.82) is 0 Å². The van der Waals surface area contributed by atoms with Gasteiger partial charge in [-0.1, -0.05) is 30.3 Å². The van der Waals surface area contributed by atoms with Crippen molar-refractivity contribution in [3.8, 4) is 0 Å². The standard InChI is InChI=1S/C26H13N3S2/c1-2-4-19-16(3-1)23-21(30-19)8-6-17-22-20(31-25(17)23)7-5-15-14-9-10-27-13-18(14)26-28-11-12-29(26)24(15)22/h1-13H. The number of aromatic nitrogens is 3. The SMILES string of the molecule is c1ccc2c(c1)sc1ccc3c(sc4ccc5c6ccncc6c6nccn6c5c43)c12. The molecular formula is C26H13N3S2. The van der Waals surface area contributed by atoms with E-state index in [1.807, 2.05) is 41.3 Å². The van der Waals surface area contributed by atoms with Gasteiger partial charge in [0.15, 0.2) is 0 Å². The van der Waals surface area contributed by atoms with Gasteiger partial charge in [0.2, 0.25) is 0 Å². The molecule has 0 aliphatic carbocycles. The summed E-state index contributed by atoms with van der Waals surface area (Å²) in [7, 11) is 0. The highest BCUT2D eigenvalue weighted by Crippen LogP contribution is 2.46.